The van der Waals surface area contributed by atoms with Gasteiger partial charge in [0.15, 0.2) is 0 Å². The van der Waals surface area contributed by atoms with E-state index in [1.165, 1.54) is 17.7 Å². The van der Waals surface area contributed by atoms with E-state index in [2.05, 4.69) is 43.6 Å². The fourth-order valence-corrected chi connectivity index (χ4v) is 2.71. The maximum atomic E-state index is 5.79. The summed E-state index contributed by atoms with van der Waals surface area (Å²) >= 11 is 1.71. The summed E-state index contributed by atoms with van der Waals surface area (Å²) in [6.07, 6.45) is 4.40. The molecule has 3 N–H and O–H groups in total. The van der Waals surface area contributed by atoms with E-state index in [4.69, 9.17) is 5.73 Å². The van der Waals surface area contributed by atoms with Crippen LogP contribution in [-0.4, -0.2) is 34.3 Å². The van der Waals surface area contributed by atoms with Gasteiger partial charge in [-0.05, 0) is 43.4 Å². The van der Waals surface area contributed by atoms with Gasteiger partial charge in [-0.2, -0.15) is 15.0 Å². The second kappa shape index (κ2) is 6.17. The number of nitrogens with one attached hydrogen (secondary N) is 1. The van der Waals surface area contributed by atoms with Crippen molar-refractivity contribution < 1.29 is 0 Å². The summed E-state index contributed by atoms with van der Waals surface area (Å²) in [6.45, 7) is 1.95. The van der Waals surface area contributed by atoms with Crippen LogP contribution in [0.15, 0.2) is 29.2 Å². The Balaban J connectivity index is 1.80. The van der Waals surface area contributed by atoms with E-state index in [9.17, 15) is 0 Å². The highest BCUT2D eigenvalue weighted by atomic mass is 32.2. The molecule has 0 bridgehead atoms. The Morgan fingerprint density at radius 1 is 1.10 bits per heavy atom. The maximum absolute atomic E-state index is 5.79. The molecule has 1 aromatic heterocycles. The molecular weight excluding hydrogens is 284 g/mol. The standard InChI is InChI=1S/C14H18N6S/c1-21-11-6-4-10(5-7-11)16-13-17-12(15)18-14(19-13)20-8-2-3-9-20/h4-7H,2-3,8-9H2,1H3,(H3,15,16,17,18,19). The average Bonchev–Trinajstić information content (AvgIpc) is 3.02. The monoisotopic (exact) mass is 302 g/mol. The van der Waals surface area contributed by atoms with Gasteiger partial charge in [0.05, 0.1) is 0 Å². The number of anilines is 4. The molecule has 110 valence electrons. The molecule has 0 atom stereocenters. The van der Waals surface area contributed by atoms with Gasteiger partial charge >= 0.3 is 0 Å². The van der Waals surface area contributed by atoms with Crippen molar-refractivity contribution in [3.05, 3.63) is 24.3 Å². The third-order valence-corrected chi connectivity index (χ3v) is 4.12. The first-order valence-electron chi connectivity index (χ1n) is 6.92. The molecule has 1 aliphatic rings. The Kier molecular flexibility index (Phi) is 4.10. The fraction of sp³-hybridized carbons (Fsp3) is 0.357. The van der Waals surface area contributed by atoms with E-state index in [1.807, 2.05) is 12.1 Å². The lowest BCUT2D eigenvalue weighted by Crippen LogP contribution is -2.21. The minimum atomic E-state index is 0.245. The topological polar surface area (TPSA) is 80.0 Å². The summed E-state index contributed by atoms with van der Waals surface area (Å²) < 4.78 is 0. The molecule has 1 fully saturated rings. The van der Waals surface area contributed by atoms with Crippen molar-refractivity contribution >= 4 is 35.3 Å². The van der Waals surface area contributed by atoms with Gasteiger partial charge in [-0.15, -0.1) is 11.8 Å². The van der Waals surface area contributed by atoms with Crippen LogP contribution in [0.4, 0.5) is 23.5 Å². The number of thioether (sulfide) groups is 1. The van der Waals surface area contributed by atoms with Gasteiger partial charge in [-0.25, -0.2) is 0 Å². The van der Waals surface area contributed by atoms with E-state index in [0.29, 0.717) is 11.9 Å². The molecule has 7 heteroatoms. The molecule has 0 spiro atoms. The lowest BCUT2D eigenvalue weighted by Gasteiger charge is -2.16. The van der Waals surface area contributed by atoms with Gasteiger partial charge in [-0.3, -0.25) is 0 Å². The maximum Gasteiger partial charge on any atom is 0.233 e. The Bertz CT molecular complexity index is 609. The predicted octanol–water partition coefficient (Wildman–Crippen LogP) is 2.52. The summed E-state index contributed by atoms with van der Waals surface area (Å²) in [7, 11) is 0. The van der Waals surface area contributed by atoms with Crippen LogP contribution < -0.4 is 16.0 Å². The smallest absolute Gasteiger partial charge is 0.233 e. The van der Waals surface area contributed by atoms with E-state index in [1.54, 1.807) is 11.8 Å². The summed E-state index contributed by atoms with van der Waals surface area (Å²) in [5.41, 5.74) is 6.73. The highest BCUT2D eigenvalue weighted by molar-refractivity contribution is 7.98. The van der Waals surface area contributed by atoms with Crippen LogP contribution in [-0.2, 0) is 0 Å². The van der Waals surface area contributed by atoms with Crippen molar-refractivity contribution in [3.8, 4) is 0 Å². The third-order valence-electron chi connectivity index (χ3n) is 3.38. The molecule has 21 heavy (non-hydrogen) atoms. The first-order chi connectivity index (χ1) is 10.2. The molecule has 6 nitrogen and oxygen atoms in total. The molecular formula is C14H18N6S. The highest BCUT2D eigenvalue weighted by Crippen LogP contribution is 2.22. The van der Waals surface area contributed by atoms with Crippen molar-refractivity contribution in [2.24, 2.45) is 0 Å². The number of benzene rings is 1. The Hall–Kier alpha value is -2.02. The molecule has 0 unspecified atom stereocenters. The molecule has 2 aromatic rings. The summed E-state index contributed by atoms with van der Waals surface area (Å²) in [4.78, 5) is 16.2. The number of hydrogen-bond donors (Lipinski definition) is 2. The van der Waals surface area contributed by atoms with Crippen LogP contribution in [0.2, 0.25) is 0 Å². The zero-order chi connectivity index (χ0) is 14.7. The van der Waals surface area contributed by atoms with E-state index in [-0.39, 0.29) is 5.95 Å². The molecule has 0 radical (unpaired) electrons. The second-order valence-corrected chi connectivity index (χ2v) is 5.74. The molecule has 1 saturated heterocycles. The molecule has 2 heterocycles. The van der Waals surface area contributed by atoms with Crippen molar-refractivity contribution in [1.82, 2.24) is 15.0 Å². The van der Waals surface area contributed by atoms with Crippen LogP contribution in [0.5, 0.6) is 0 Å². The predicted molar refractivity (Wildman–Crippen MR) is 87.2 cm³/mol. The normalized spacial score (nSPS) is 14.4. The number of nitrogen functional groups attached to an aromatic ring is 1. The molecule has 3 rings (SSSR count). The van der Waals surface area contributed by atoms with Crippen molar-refractivity contribution in [2.75, 3.05) is 35.3 Å². The molecule has 0 amide bonds. The molecule has 0 saturated carbocycles. The van der Waals surface area contributed by atoms with Crippen molar-refractivity contribution in [3.63, 3.8) is 0 Å². The minimum Gasteiger partial charge on any atom is -0.368 e. The Morgan fingerprint density at radius 2 is 1.81 bits per heavy atom. The molecule has 1 aliphatic heterocycles. The van der Waals surface area contributed by atoms with Crippen LogP contribution in [0.3, 0.4) is 0 Å². The zero-order valence-electron chi connectivity index (χ0n) is 11.9. The lowest BCUT2D eigenvalue weighted by atomic mass is 10.3. The van der Waals surface area contributed by atoms with Gasteiger partial charge in [0.25, 0.3) is 0 Å². The fourth-order valence-electron chi connectivity index (χ4n) is 2.30. The second-order valence-electron chi connectivity index (χ2n) is 4.86. The number of rotatable bonds is 4. The quantitative estimate of drug-likeness (QED) is 0.840. The molecule has 0 aliphatic carbocycles. The third kappa shape index (κ3) is 3.36. The average molecular weight is 302 g/mol. The van der Waals surface area contributed by atoms with E-state index in [0.717, 1.165) is 18.8 Å². The molecule has 1 aromatic carbocycles. The first kappa shape index (κ1) is 13.9. The zero-order valence-corrected chi connectivity index (χ0v) is 12.7. The van der Waals surface area contributed by atoms with Crippen molar-refractivity contribution in [2.45, 2.75) is 17.7 Å². The SMILES string of the molecule is CSc1ccc(Nc2nc(N)nc(N3CCCC3)n2)cc1. The highest BCUT2D eigenvalue weighted by Gasteiger charge is 2.16. The summed E-state index contributed by atoms with van der Waals surface area (Å²) in [6, 6.07) is 8.11. The largest absolute Gasteiger partial charge is 0.368 e. The number of hydrogen-bond acceptors (Lipinski definition) is 7. The lowest BCUT2D eigenvalue weighted by molar-refractivity contribution is 0.887. The van der Waals surface area contributed by atoms with Crippen LogP contribution in [0.25, 0.3) is 0 Å². The van der Waals surface area contributed by atoms with Gasteiger partial charge < -0.3 is 16.0 Å². The number of nitrogens with zero attached hydrogens (tertiary/aromatic N) is 4. The summed E-state index contributed by atoms with van der Waals surface area (Å²) in [5, 5.41) is 3.18. The number of nitrogens with two attached hydrogens (primary N) is 1. The van der Waals surface area contributed by atoms with Gasteiger partial charge in [0, 0.05) is 23.7 Å². The van der Waals surface area contributed by atoms with Crippen molar-refractivity contribution in [1.29, 1.82) is 0 Å². The van der Waals surface area contributed by atoms with Crippen LogP contribution >= 0.6 is 11.8 Å². The minimum absolute atomic E-state index is 0.245. The Labute approximate surface area is 128 Å². The van der Waals surface area contributed by atoms with E-state index < -0.39 is 0 Å². The Morgan fingerprint density at radius 3 is 2.48 bits per heavy atom. The van der Waals surface area contributed by atoms with Gasteiger partial charge in [0.2, 0.25) is 17.8 Å². The first-order valence-corrected chi connectivity index (χ1v) is 8.14. The van der Waals surface area contributed by atoms with Gasteiger partial charge in [0.1, 0.15) is 0 Å². The van der Waals surface area contributed by atoms with Crippen LogP contribution in [0, 0.1) is 0 Å². The number of aromatic nitrogens is 3. The van der Waals surface area contributed by atoms with Gasteiger partial charge in [-0.1, -0.05) is 0 Å². The van der Waals surface area contributed by atoms with E-state index >= 15 is 0 Å². The van der Waals surface area contributed by atoms with Crippen LogP contribution in [0.1, 0.15) is 12.8 Å². The summed E-state index contributed by atoms with van der Waals surface area (Å²) in [5.74, 6) is 1.39.